The normalized spacial score (nSPS) is 21.0. The second-order valence-corrected chi connectivity index (χ2v) is 9.04. The monoisotopic (exact) mass is 384 g/mol. The molecule has 2 aromatic rings. The SMILES string of the molecule is Cc1cc(Br)ccc1CN1C=c2cc3c(n2CC1C)=CC(C)(C)C3. The predicted octanol–water partition coefficient (Wildman–Crippen LogP) is 3.56. The van der Waals surface area contributed by atoms with Gasteiger partial charge < -0.3 is 9.47 Å². The minimum Gasteiger partial charge on any atom is -0.367 e. The van der Waals surface area contributed by atoms with Gasteiger partial charge >= 0.3 is 0 Å². The number of nitrogens with zero attached hydrogens (tertiary/aromatic N) is 2. The lowest BCUT2D eigenvalue weighted by atomic mass is 9.92. The van der Waals surface area contributed by atoms with Gasteiger partial charge in [0.25, 0.3) is 0 Å². The van der Waals surface area contributed by atoms with Crippen molar-refractivity contribution in [3.05, 3.63) is 56.1 Å². The molecular formula is C21H25BrN2. The van der Waals surface area contributed by atoms with Crippen LogP contribution in [0.2, 0.25) is 0 Å². The summed E-state index contributed by atoms with van der Waals surface area (Å²) in [5.41, 5.74) is 4.58. The van der Waals surface area contributed by atoms with Gasteiger partial charge in [0.15, 0.2) is 0 Å². The van der Waals surface area contributed by atoms with Crippen molar-refractivity contribution in [1.82, 2.24) is 9.47 Å². The molecule has 1 atom stereocenters. The Hall–Kier alpha value is -1.48. The Kier molecular flexibility index (Phi) is 3.68. The summed E-state index contributed by atoms with van der Waals surface area (Å²) in [6.45, 7) is 11.2. The zero-order valence-electron chi connectivity index (χ0n) is 14.9. The summed E-state index contributed by atoms with van der Waals surface area (Å²) in [5.74, 6) is 0. The standard InChI is InChI=1S/C21H25BrN2/c1-14-7-18(22)6-5-16(14)12-23-13-19-8-17-9-21(3,4)10-20(17)24(19)11-15(23)2/h5-8,10,13,15H,9,11-12H2,1-4H3. The van der Waals surface area contributed by atoms with Gasteiger partial charge in [0.1, 0.15) is 0 Å². The van der Waals surface area contributed by atoms with Crippen LogP contribution in [0.15, 0.2) is 28.7 Å². The molecule has 1 unspecified atom stereocenters. The molecule has 0 saturated carbocycles. The number of hydrogen-bond acceptors (Lipinski definition) is 1. The maximum atomic E-state index is 3.56. The lowest BCUT2D eigenvalue weighted by Gasteiger charge is -2.32. The van der Waals surface area contributed by atoms with Crippen molar-refractivity contribution in [3.8, 4) is 0 Å². The van der Waals surface area contributed by atoms with E-state index in [1.807, 2.05) is 0 Å². The van der Waals surface area contributed by atoms with E-state index in [2.05, 4.69) is 89.6 Å². The summed E-state index contributed by atoms with van der Waals surface area (Å²) in [5, 5.41) is 2.82. The van der Waals surface area contributed by atoms with Gasteiger partial charge in [-0.2, -0.15) is 0 Å². The maximum Gasteiger partial charge on any atom is 0.0576 e. The van der Waals surface area contributed by atoms with Gasteiger partial charge in [0.05, 0.1) is 5.35 Å². The second kappa shape index (κ2) is 5.52. The molecule has 1 aliphatic heterocycles. The first-order chi connectivity index (χ1) is 11.3. The van der Waals surface area contributed by atoms with Crippen LogP contribution in [0.5, 0.6) is 0 Å². The van der Waals surface area contributed by atoms with E-state index in [-0.39, 0.29) is 0 Å². The molecule has 3 heteroatoms. The molecule has 24 heavy (non-hydrogen) atoms. The molecule has 1 aromatic heterocycles. The fourth-order valence-corrected chi connectivity index (χ4v) is 4.55. The molecule has 4 rings (SSSR count). The zero-order valence-corrected chi connectivity index (χ0v) is 16.5. The summed E-state index contributed by atoms with van der Waals surface area (Å²) < 4.78 is 3.67. The number of halogens is 1. The van der Waals surface area contributed by atoms with Gasteiger partial charge in [0.2, 0.25) is 0 Å². The lowest BCUT2D eigenvalue weighted by molar-refractivity contribution is 0.266. The van der Waals surface area contributed by atoms with Crippen LogP contribution in [-0.4, -0.2) is 15.5 Å². The second-order valence-electron chi connectivity index (χ2n) is 8.12. The van der Waals surface area contributed by atoms with Crippen LogP contribution in [0.4, 0.5) is 0 Å². The Morgan fingerprint density at radius 3 is 2.79 bits per heavy atom. The molecule has 0 spiro atoms. The van der Waals surface area contributed by atoms with Crippen LogP contribution in [0.25, 0.3) is 12.3 Å². The smallest absolute Gasteiger partial charge is 0.0576 e. The summed E-state index contributed by atoms with van der Waals surface area (Å²) in [6.07, 6.45) is 5.98. The van der Waals surface area contributed by atoms with Crippen LogP contribution in [0.1, 0.15) is 37.5 Å². The number of aromatic nitrogens is 1. The molecule has 126 valence electrons. The van der Waals surface area contributed by atoms with Gasteiger partial charge in [-0.3, -0.25) is 0 Å². The molecule has 1 aromatic carbocycles. The minimum absolute atomic E-state index is 0.307. The molecule has 2 nitrogen and oxygen atoms in total. The number of hydrogen-bond donors (Lipinski definition) is 0. The van der Waals surface area contributed by atoms with E-state index >= 15 is 0 Å². The maximum absolute atomic E-state index is 3.56. The van der Waals surface area contributed by atoms with Crippen molar-refractivity contribution in [2.45, 2.75) is 53.2 Å². The van der Waals surface area contributed by atoms with Crippen molar-refractivity contribution in [3.63, 3.8) is 0 Å². The first kappa shape index (κ1) is 16.0. The molecule has 0 saturated heterocycles. The summed E-state index contributed by atoms with van der Waals surface area (Å²) in [7, 11) is 0. The minimum atomic E-state index is 0.307. The highest BCUT2D eigenvalue weighted by molar-refractivity contribution is 9.10. The van der Waals surface area contributed by atoms with Crippen LogP contribution in [0.3, 0.4) is 0 Å². The Morgan fingerprint density at radius 1 is 1.25 bits per heavy atom. The lowest BCUT2D eigenvalue weighted by Crippen LogP contribution is -2.44. The zero-order chi connectivity index (χ0) is 17.1. The van der Waals surface area contributed by atoms with Crippen molar-refractivity contribution in [2.24, 2.45) is 5.41 Å². The topological polar surface area (TPSA) is 8.17 Å². The summed E-state index contributed by atoms with van der Waals surface area (Å²) >= 11 is 3.56. The van der Waals surface area contributed by atoms with E-state index in [0.717, 1.165) is 24.0 Å². The third-order valence-electron chi connectivity index (χ3n) is 5.40. The molecule has 1 aliphatic carbocycles. The van der Waals surface area contributed by atoms with E-state index < -0.39 is 0 Å². The Labute approximate surface area is 152 Å². The fraction of sp³-hybridized carbons (Fsp3) is 0.429. The Balaban J connectivity index is 1.71. The first-order valence-electron chi connectivity index (χ1n) is 8.76. The molecule has 2 aliphatic rings. The molecule has 0 fully saturated rings. The number of benzene rings is 1. The van der Waals surface area contributed by atoms with Crippen molar-refractivity contribution < 1.29 is 0 Å². The van der Waals surface area contributed by atoms with Crippen molar-refractivity contribution in [1.29, 1.82) is 0 Å². The molecule has 0 bridgehead atoms. The third kappa shape index (κ3) is 2.73. The van der Waals surface area contributed by atoms with Crippen LogP contribution >= 0.6 is 15.9 Å². The number of fused-ring (bicyclic) bond motifs is 3. The van der Waals surface area contributed by atoms with E-state index in [4.69, 9.17) is 0 Å². The molecule has 0 N–H and O–H groups in total. The third-order valence-corrected chi connectivity index (χ3v) is 5.89. The Bertz CT molecular complexity index is 920. The number of aryl methyl sites for hydroxylation is 1. The first-order valence-corrected chi connectivity index (χ1v) is 9.56. The highest BCUT2D eigenvalue weighted by Gasteiger charge is 2.27. The van der Waals surface area contributed by atoms with Gasteiger partial charge in [0, 0.05) is 35.2 Å². The highest BCUT2D eigenvalue weighted by Crippen LogP contribution is 2.27. The van der Waals surface area contributed by atoms with Gasteiger partial charge in [-0.25, -0.2) is 0 Å². The number of rotatable bonds is 2. The van der Waals surface area contributed by atoms with Crippen LogP contribution in [-0.2, 0) is 19.5 Å². The van der Waals surface area contributed by atoms with Crippen molar-refractivity contribution >= 4 is 28.2 Å². The van der Waals surface area contributed by atoms with Crippen molar-refractivity contribution in [2.75, 3.05) is 0 Å². The summed E-state index contributed by atoms with van der Waals surface area (Å²) in [4.78, 5) is 2.49. The average Bonchev–Trinajstić information content (AvgIpc) is 2.94. The van der Waals surface area contributed by atoms with Gasteiger partial charge in [-0.1, -0.05) is 41.9 Å². The van der Waals surface area contributed by atoms with Crippen LogP contribution < -0.4 is 10.7 Å². The van der Waals surface area contributed by atoms with E-state index in [1.54, 1.807) is 0 Å². The largest absolute Gasteiger partial charge is 0.367 e. The quantitative estimate of drug-likeness (QED) is 0.768. The average molecular weight is 385 g/mol. The fourth-order valence-electron chi connectivity index (χ4n) is 4.08. The molecule has 0 amide bonds. The van der Waals surface area contributed by atoms with E-state index in [9.17, 15) is 0 Å². The predicted molar refractivity (Wildman–Crippen MR) is 104 cm³/mol. The molecular weight excluding hydrogens is 360 g/mol. The van der Waals surface area contributed by atoms with Gasteiger partial charge in [-0.15, -0.1) is 0 Å². The molecule has 2 heterocycles. The van der Waals surface area contributed by atoms with E-state index in [0.29, 0.717) is 11.5 Å². The molecule has 0 radical (unpaired) electrons. The summed E-state index contributed by atoms with van der Waals surface area (Å²) in [6, 6.07) is 9.50. The van der Waals surface area contributed by atoms with E-state index in [1.165, 1.54) is 27.4 Å². The Morgan fingerprint density at radius 2 is 2.04 bits per heavy atom. The van der Waals surface area contributed by atoms with Gasteiger partial charge in [-0.05, 0) is 60.6 Å². The highest BCUT2D eigenvalue weighted by atomic mass is 79.9. The van der Waals surface area contributed by atoms with Crippen LogP contribution in [0, 0.1) is 12.3 Å².